The minimum atomic E-state index is -0.608. The number of Topliss-reactive ketones (excluding diaryl/α,β-unsaturated/α-hetero) is 2. The Kier molecular flexibility index (Phi) is 8.01. The summed E-state index contributed by atoms with van der Waals surface area (Å²) in [4.78, 5) is 43.0. The Bertz CT molecular complexity index is 1450. The number of ether oxygens (including phenoxy) is 2. The van der Waals surface area contributed by atoms with Crippen molar-refractivity contribution in [1.29, 1.82) is 0 Å². The standard InChI is InChI=1S/C34H39ClN2O5/c1-7-37-24-15-33(2,3)17-26(38)31(24)30(32-25(37)16-34(4,5)18-27(32)39)23-14-20(35)8-13-28(23)42-19-29(40)36-21-9-11-22(41-6)12-10-21/h8-14,30H,7,15-19H2,1-6H3,(H,36,40). The molecule has 8 heteroatoms. The average molecular weight is 591 g/mol. The zero-order chi connectivity index (χ0) is 30.4. The summed E-state index contributed by atoms with van der Waals surface area (Å²) in [5.41, 5.74) is 4.11. The van der Waals surface area contributed by atoms with Crippen LogP contribution in [0.5, 0.6) is 11.5 Å². The molecule has 2 aromatic rings. The molecule has 0 radical (unpaired) electrons. The third-order valence-corrected chi connectivity index (χ3v) is 8.59. The predicted molar refractivity (Wildman–Crippen MR) is 164 cm³/mol. The van der Waals surface area contributed by atoms with Crippen molar-refractivity contribution in [2.75, 3.05) is 25.6 Å². The number of rotatable bonds is 7. The first-order valence-corrected chi connectivity index (χ1v) is 14.9. The number of benzene rings is 2. The molecule has 42 heavy (non-hydrogen) atoms. The predicted octanol–water partition coefficient (Wildman–Crippen LogP) is 7.07. The lowest BCUT2D eigenvalue weighted by Gasteiger charge is -2.49. The van der Waals surface area contributed by atoms with Gasteiger partial charge >= 0.3 is 0 Å². The summed E-state index contributed by atoms with van der Waals surface area (Å²) >= 11 is 6.54. The molecule has 0 atom stereocenters. The van der Waals surface area contributed by atoms with E-state index < -0.39 is 5.92 Å². The number of nitrogens with one attached hydrogen (secondary N) is 1. The summed E-state index contributed by atoms with van der Waals surface area (Å²) in [7, 11) is 1.58. The van der Waals surface area contributed by atoms with E-state index in [2.05, 4.69) is 44.8 Å². The number of ketones is 2. The molecule has 0 saturated heterocycles. The lowest BCUT2D eigenvalue weighted by atomic mass is 9.63. The summed E-state index contributed by atoms with van der Waals surface area (Å²) in [6.07, 6.45) is 2.24. The third kappa shape index (κ3) is 5.84. The number of methoxy groups -OCH3 is 1. The molecule has 1 amide bonds. The van der Waals surface area contributed by atoms with Crippen LogP contribution in [0.4, 0.5) is 5.69 Å². The molecule has 0 fully saturated rings. The van der Waals surface area contributed by atoms with Gasteiger partial charge in [0.25, 0.3) is 5.91 Å². The second-order valence-corrected chi connectivity index (χ2v) is 13.5. The van der Waals surface area contributed by atoms with Crippen molar-refractivity contribution in [3.8, 4) is 11.5 Å². The van der Waals surface area contributed by atoms with E-state index in [1.165, 1.54) is 0 Å². The molecule has 0 spiro atoms. The molecule has 5 rings (SSSR count). The number of allylic oxidation sites excluding steroid dienone is 4. The molecule has 2 aliphatic carbocycles. The summed E-state index contributed by atoms with van der Waals surface area (Å²) in [6, 6.07) is 12.2. The Morgan fingerprint density at radius 1 is 0.929 bits per heavy atom. The van der Waals surface area contributed by atoms with Gasteiger partial charge in [-0.1, -0.05) is 39.3 Å². The van der Waals surface area contributed by atoms with Crippen LogP contribution in [0.25, 0.3) is 0 Å². The van der Waals surface area contributed by atoms with E-state index in [9.17, 15) is 14.4 Å². The first-order valence-electron chi connectivity index (χ1n) is 14.5. The zero-order valence-electron chi connectivity index (χ0n) is 25.2. The van der Waals surface area contributed by atoms with Gasteiger partial charge in [0.15, 0.2) is 18.2 Å². The highest BCUT2D eigenvalue weighted by atomic mass is 35.5. The Balaban J connectivity index is 1.56. The van der Waals surface area contributed by atoms with Gasteiger partial charge in [-0.05, 0) is 73.1 Å². The monoisotopic (exact) mass is 590 g/mol. The molecule has 0 aromatic heterocycles. The second-order valence-electron chi connectivity index (χ2n) is 13.0. The van der Waals surface area contributed by atoms with Crippen LogP contribution in [0, 0.1) is 10.8 Å². The van der Waals surface area contributed by atoms with Gasteiger partial charge in [-0.2, -0.15) is 0 Å². The lowest BCUT2D eigenvalue weighted by Crippen LogP contribution is -2.44. The highest BCUT2D eigenvalue weighted by Gasteiger charge is 2.49. The van der Waals surface area contributed by atoms with Gasteiger partial charge in [-0.25, -0.2) is 0 Å². The number of hydrogen-bond donors (Lipinski definition) is 1. The summed E-state index contributed by atoms with van der Waals surface area (Å²) in [5.74, 6) is 0.242. The smallest absolute Gasteiger partial charge is 0.262 e. The summed E-state index contributed by atoms with van der Waals surface area (Å²) in [5, 5.41) is 3.30. The summed E-state index contributed by atoms with van der Waals surface area (Å²) < 4.78 is 11.3. The number of hydrogen-bond acceptors (Lipinski definition) is 6. The van der Waals surface area contributed by atoms with Crippen molar-refractivity contribution in [1.82, 2.24) is 4.90 Å². The molecular formula is C34H39ClN2O5. The van der Waals surface area contributed by atoms with Crippen LogP contribution < -0.4 is 14.8 Å². The number of carbonyl (C=O) groups is 3. The molecule has 1 aliphatic heterocycles. The molecule has 7 nitrogen and oxygen atoms in total. The molecule has 3 aliphatic rings. The fourth-order valence-electron chi connectivity index (χ4n) is 6.63. The van der Waals surface area contributed by atoms with Gasteiger partial charge in [0.1, 0.15) is 11.5 Å². The number of anilines is 1. The third-order valence-electron chi connectivity index (χ3n) is 8.35. The Hall–Kier alpha value is -3.58. The van der Waals surface area contributed by atoms with Crippen LogP contribution in [0.15, 0.2) is 65.0 Å². The highest BCUT2D eigenvalue weighted by molar-refractivity contribution is 6.30. The maximum absolute atomic E-state index is 13.9. The fraction of sp³-hybridized carbons (Fsp3) is 0.441. The molecule has 222 valence electrons. The number of carbonyl (C=O) groups excluding carboxylic acids is 3. The van der Waals surface area contributed by atoms with E-state index in [1.807, 2.05) is 0 Å². The first kappa shape index (κ1) is 29.9. The van der Waals surface area contributed by atoms with Crippen molar-refractivity contribution in [2.24, 2.45) is 10.8 Å². The van der Waals surface area contributed by atoms with Crippen molar-refractivity contribution in [3.05, 3.63) is 75.6 Å². The van der Waals surface area contributed by atoms with Gasteiger partial charge < -0.3 is 19.7 Å². The normalized spacial score (nSPS) is 19.8. The summed E-state index contributed by atoms with van der Waals surface area (Å²) in [6.45, 7) is 11.0. The molecule has 2 aromatic carbocycles. The largest absolute Gasteiger partial charge is 0.497 e. The first-order chi connectivity index (χ1) is 19.8. The minimum absolute atomic E-state index is 0.0389. The average Bonchev–Trinajstić information content (AvgIpc) is 2.90. The SMILES string of the molecule is CCN1C2=C(C(=O)CC(C)(C)C2)C(c2cc(Cl)ccc2OCC(=O)Nc2ccc(OC)cc2)C2=C1CC(C)(C)CC2=O. The van der Waals surface area contributed by atoms with Crippen LogP contribution in [0.1, 0.15) is 71.8 Å². The van der Waals surface area contributed by atoms with Crippen molar-refractivity contribution in [3.63, 3.8) is 0 Å². The van der Waals surface area contributed by atoms with Gasteiger partial charge in [0.2, 0.25) is 0 Å². The van der Waals surface area contributed by atoms with Crippen molar-refractivity contribution >= 4 is 34.8 Å². The van der Waals surface area contributed by atoms with Crippen LogP contribution in [0.2, 0.25) is 5.02 Å². The second kappa shape index (κ2) is 11.3. The maximum atomic E-state index is 13.9. The Morgan fingerprint density at radius 2 is 1.50 bits per heavy atom. The van der Waals surface area contributed by atoms with Gasteiger partial charge in [0, 0.05) is 64.1 Å². The zero-order valence-corrected chi connectivity index (χ0v) is 26.0. The number of nitrogens with zero attached hydrogens (tertiary/aromatic N) is 1. The number of halogens is 1. The van der Waals surface area contributed by atoms with Crippen molar-refractivity contribution in [2.45, 2.75) is 66.2 Å². The Labute approximate surface area is 252 Å². The molecule has 1 N–H and O–H groups in total. The maximum Gasteiger partial charge on any atom is 0.262 e. The minimum Gasteiger partial charge on any atom is -0.497 e. The van der Waals surface area contributed by atoms with E-state index in [-0.39, 0.29) is 34.9 Å². The molecule has 0 saturated carbocycles. The van der Waals surface area contributed by atoms with E-state index in [4.69, 9.17) is 21.1 Å². The highest BCUT2D eigenvalue weighted by Crippen LogP contribution is 2.55. The molecule has 1 heterocycles. The van der Waals surface area contributed by atoms with Crippen molar-refractivity contribution < 1.29 is 23.9 Å². The van der Waals surface area contributed by atoms with Gasteiger partial charge in [-0.15, -0.1) is 0 Å². The quantitative estimate of drug-likeness (QED) is 0.371. The van der Waals surface area contributed by atoms with Gasteiger partial charge in [0.05, 0.1) is 7.11 Å². The van der Waals surface area contributed by atoms with Crippen LogP contribution in [-0.4, -0.2) is 42.6 Å². The van der Waals surface area contributed by atoms with E-state index in [0.717, 1.165) is 24.2 Å². The molecule has 0 unspecified atom stereocenters. The Morgan fingerprint density at radius 3 is 2.02 bits per heavy atom. The van der Waals surface area contributed by atoms with Crippen LogP contribution >= 0.6 is 11.6 Å². The lowest BCUT2D eigenvalue weighted by molar-refractivity contribution is -0.120. The van der Waals surface area contributed by atoms with Gasteiger partial charge in [-0.3, -0.25) is 14.4 Å². The molecular weight excluding hydrogens is 552 g/mol. The van der Waals surface area contributed by atoms with Crippen LogP contribution in [0.3, 0.4) is 0 Å². The van der Waals surface area contributed by atoms with E-state index in [0.29, 0.717) is 58.3 Å². The fourth-order valence-corrected chi connectivity index (χ4v) is 6.81. The molecule has 0 bridgehead atoms. The number of amides is 1. The van der Waals surface area contributed by atoms with E-state index >= 15 is 0 Å². The topological polar surface area (TPSA) is 84.9 Å². The van der Waals surface area contributed by atoms with E-state index in [1.54, 1.807) is 49.6 Å². The van der Waals surface area contributed by atoms with Crippen LogP contribution in [-0.2, 0) is 14.4 Å².